The number of fused-ring (bicyclic) bond motifs is 1. The molecule has 1 aliphatic carbocycles. The van der Waals surface area contributed by atoms with Crippen molar-refractivity contribution in [1.29, 1.82) is 0 Å². The number of halogens is 3. The maximum absolute atomic E-state index is 15.3. The highest BCUT2D eigenvalue weighted by Gasteiger charge is 2.28. The lowest BCUT2D eigenvalue weighted by Crippen LogP contribution is -2.42. The predicted octanol–water partition coefficient (Wildman–Crippen LogP) is 7.62. The summed E-state index contributed by atoms with van der Waals surface area (Å²) in [7, 11) is -4.30. The molecule has 3 aromatic carbocycles. The molecule has 0 saturated heterocycles. The van der Waals surface area contributed by atoms with Crippen molar-refractivity contribution in [2.24, 2.45) is 0 Å². The number of hydrogen-bond acceptors (Lipinski definition) is 6. The SMILES string of the molecule is Cc1ccc(S(=O)(=O)n2cc(-c3nc(N[C@H]4CCC[C@@H](NC(=O)OCc5ccccc5)C4)c(F)cc3C)c3cc(F)cc(F)c32)cc1. The second-order valence-corrected chi connectivity index (χ2v) is 13.7. The third-order valence-electron chi connectivity index (χ3n) is 8.33. The molecule has 2 atom stereocenters. The van der Waals surface area contributed by atoms with Crippen molar-refractivity contribution in [3.8, 4) is 11.3 Å². The summed E-state index contributed by atoms with van der Waals surface area (Å²) in [5, 5.41) is 5.99. The average molecular weight is 663 g/mol. The first-order valence-electron chi connectivity index (χ1n) is 15.2. The first-order valence-corrected chi connectivity index (χ1v) is 16.7. The van der Waals surface area contributed by atoms with Crippen molar-refractivity contribution >= 4 is 32.8 Å². The first-order chi connectivity index (χ1) is 22.5. The van der Waals surface area contributed by atoms with Crippen molar-refractivity contribution in [3.05, 3.63) is 113 Å². The molecule has 8 nitrogen and oxygen atoms in total. The molecule has 1 aliphatic rings. The number of anilines is 1. The fourth-order valence-electron chi connectivity index (χ4n) is 5.98. The van der Waals surface area contributed by atoms with E-state index in [1.807, 2.05) is 37.3 Å². The van der Waals surface area contributed by atoms with E-state index < -0.39 is 33.6 Å². The molecule has 2 aromatic heterocycles. The molecule has 0 aliphatic heterocycles. The van der Waals surface area contributed by atoms with Gasteiger partial charge in [0.05, 0.1) is 10.6 Å². The summed E-state index contributed by atoms with van der Waals surface area (Å²) in [6.07, 6.45) is 3.30. The van der Waals surface area contributed by atoms with Crippen LogP contribution in [0, 0.1) is 31.3 Å². The van der Waals surface area contributed by atoms with Crippen molar-refractivity contribution in [2.45, 2.75) is 63.1 Å². The summed E-state index contributed by atoms with van der Waals surface area (Å²) in [6, 6.07) is 17.8. The minimum atomic E-state index is -4.30. The van der Waals surface area contributed by atoms with Crippen LogP contribution in [0.25, 0.3) is 22.2 Å². The van der Waals surface area contributed by atoms with Gasteiger partial charge in [0.15, 0.2) is 17.5 Å². The van der Waals surface area contributed by atoms with E-state index in [2.05, 4.69) is 15.6 Å². The molecule has 1 fully saturated rings. The summed E-state index contributed by atoms with van der Waals surface area (Å²) in [6.45, 7) is 3.53. The van der Waals surface area contributed by atoms with Crippen LogP contribution in [0.5, 0.6) is 0 Å². The molecule has 2 N–H and O–H groups in total. The predicted molar refractivity (Wildman–Crippen MR) is 173 cm³/mol. The van der Waals surface area contributed by atoms with Crippen molar-refractivity contribution in [2.75, 3.05) is 5.32 Å². The molecule has 0 radical (unpaired) electrons. The van der Waals surface area contributed by atoms with Crippen molar-refractivity contribution in [1.82, 2.24) is 14.3 Å². The van der Waals surface area contributed by atoms with Gasteiger partial charge in [0.1, 0.15) is 17.9 Å². The number of nitrogens with zero attached hydrogens (tertiary/aromatic N) is 2. The highest BCUT2D eigenvalue weighted by atomic mass is 32.2. The van der Waals surface area contributed by atoms with Gasteiger partial charge in [-0.15, -0.1) is 0 Å². The van der Waals surface area contributed by atoms with Gasteiger partial charge in [-0.25, -0.2) is 35.3 Å². The summed E-state index contributed by atoms with van der Waals surface area (Å²) in [5.41, 5.74) is 1.99. The fraction of sp³-hybridized carbons (Fsp3) is 0.257. The standard InChI is InChI=1S/C35H33F3N4O4S/c1-21-11-13-27(14-12-21)47(44,45)42-19-29(28-16-24(36)17-30(37)33(28)42)32-22(2)15-31(38)34(41-32)39-25-9-6-10-26(18-25)40-35(43)46-20-23-7-4-3-5-8-23/h3-5,7-8,11-17,19,25-26H,6,9-10,18,20H2,1-2H3,(H,39,41)(H,40,43)/t25-,26+/m0/s1. The highest BCUT2D eigenvalue weighted by Crippen LogP contribution is 2.37. The fourth-order valence-corrected chi connectivity index (χ4v) is 7.36. The van der Waals surface area contributed by atoms with Gasteiger partial charge < -0.3 is 15.4 Å². The van der Waals surface area contributed by atoms with E-state index in [1.54, 1.807) is 19.1 Å². The van der Waals surface area contributed by atoms with Gasteiger partial charge in [0.2, 0.25) is 0 Å². The molecular formula is C35H33F3N4O4S. The number of alkyl carbamates (subject to hydrolysis) is 1. The Bertz CT molecular complexity index is 2050. The maximum Gasteiger partial charge on any atom is 0.407 e. The zero-order chi connectivity index (χ0) is 33.3. The lowest BCUT2D eigenvalue weighted by atomic mass is 9.91. The molecule has 12 heteroatoms. The van der Waals surface area contributed by atoms with Gasteiger partial charge in [-0.3, -0.25) is 0 Å². The molecule has 2 heterocycles. The topological polar surface area (TPSA) is 102 Å². The monoisotopic (exact) mass is 662 g/mol. The van der Waals surface area contributed by atoms with Crippen LogP contribution in [0.3, 0.4) is 0 Å². The lowest BCUT2D eigenvalue weighted by Gasteiger charge is -2.30. The number of ether oxygens (including phenoxy) is 1. The smallest absolute Gasteiger partial charge is 0.407 e. The van der Waals surface area contributed by atoms with Crippen LogP contribution in [0.1, 0.15) is 42.4 Å². The maximum atomic E-state index is 15.3. The molecule has 0 spiro atoms. The van der Waals surface area contributed by atoms with Crippen LogP contribution in [0.4, 0.5) is 23.8 Å². The van der Waals surface area contributed by atoms with Crippen LogP contribution in [-0.2, 0) is 21.4 Å². The summed E-state index contributed by atoms with van der Waals surface area (Å²) in [5.74, 6) is -2.70. The molecule has 0 unspecified atom stereocenters. The Hall–Kier alpha value is -4.84. The number of aryl methyl sites for hydroxylation is 2. The van der Waals surface area contributed by atoms with E-state index in [0.29, 0.717) is 24.5 Å². The number of nitrogens with one attached hydrogen (secondary N) is 2. The number of hydrogen-bond donors (Lipinski definition) is 2. The number of aromatic nitrogens is 2. The Labute approximate surface area is 270 Å². The van der Waals surface area contributed by atoms with E-state index in [0.717, 1.165) is 34.0 Å². The van der Waals surface area contributed by atoms with Crippen LogP contribution in [-0.4, -0.2) is 35.6 Å². The normalized spacial score (nSPS) is 16.6. The molecule has 6 rings (SSSR count). The average Bonchev–Trinajstić information content (AvgIpc) is 3.43. The van der Waals surface area contributed by atoms with Crippen LogP contribution < -0.4 is 10.6 Å². The Balaban J connectivity index is 1.28. The molecular weight excluding hydrogens is 629 g/mol. The number of amides is 1. The molecule has 1 saturated carbocycles. The van der Waals surface area contributed by atoms with Crippen molar-refractivity contribution < 1.29 is 31.1 Å². The van der Waals surface area contributed by atoms with Gasteiger partial charge in [-0.1, -0.05) is 48.0 Å². The lowest BCUT2D eigenvalue weighted by molar-refractivity contribution is 0.132. The number of carbonyl (C=O) groups is 1. The summed E-state index contributed by atoms with van der Waals surface area (Å²) >= 11 is 0. The number of carbonyl (C=O) groups excluding carboxylic acids is 1. The Morgan fingerprint density at radius 2 is 1.68 bits per heavy atom. The minimum absolute atomic E-state index is 0.0257. The number of pyridine rings is 1. The van der Waals surface area contributed by atoms with Gasteiger partial charge in [-0.2, -0.15) is 0 Å². The third-order valence-corrected chi connectivity index (χ3v) is 10.0. The van der Waals surface area contributed by atoms with Gasteiger partial charge >= 0.3 is 6.09 Å². The van der Waals surface area contributed by atoms with Gasteiger partial charge in [0.25, 0.3) is 10.0 Å². The zero-order valence-corrected chi connectivity index (χ0v) is 26.6. The second-order valence-electron chi connectivity index (χ2n) is 11.8. The molecule has 47 heavy (non-hydrogen) atoms. The van der Waals surface area contributed by atoms with E-state index in [4.69, 9.17) is 4.74 Å². The van der Waals surface area contributed by atoms with E-state index in [1.165, 1.54) is 24.4 Å². The Kier molecular flexibility index (Phi) is 8.96. The van der Waals surface area contributed by atoms with Crippen LogP contribution >= 0.6 is 0 Å². The number of benzene rings is 3. The minimum Gasteiger partial charge on any atom is -0.445 e. The quantitative estimate of drug-likeness (QED) is 0.177. The van der Waals surface area contributed by atoms with Gasteiger partial charge in [0, 0.05) is 35.3 Å². The molecule has 1 amide bonds. The second kappa shape index (κ2) is 13.1. The third kappa shape index (κ3) is 6.83. The Morgan fingerprint density at radius 3 is 2.43 bits per heavy atom. The Morgan fingerprint density at radius 1 is 0.957 bits per heavy atom. The first kappa shape index (κ1) is 32.1. The van der Waals surface area contributed by atoms with Crippen LogP contribution in [0.15, 0.2) is 83.9 Å². The van der Waals surface area contributed by atoms with E-state index in [-0.39, 0.29) is 51.6 Å². The largest absolute Gasteiger partial charge is 0.445 e. The molecule has 5 aromatic rings. The molecule has 244 valence electrons. The highest BCUT2D eigenvalue weighted by molar-refractivity contribution is 7.90. The summed E-state index contributed by atoms with van der Waals surface area (Å²) < 4.78 is 78.7. The van der Waals surface area contributed by atoms with Crippen molar-refractivity contribution in [3.63, 3.8) is 0 Å². The van der Waals surface area contributed by atoms with Crippen LogP contribution in [0.2, 0.25) is 0 Å². The molecule has 0 bridgehead atoms. The number of rotatable bonds is 8. The summed E-state index contributed by atoms with van der Waals surface area (Å²) in [4.78, 5) is 16.9. The van der Waals surface area contributed by atoms with E-state index >= 15 is 8.78 Å². The zero-order valence-electron chi connectivity index (χ0n) is 25.8. The van der Waals surface area contributed by atoms with E-state index in [9.17, 15) is 17.6 Å². The van der Waals surface area contributed by atoms with Gasteiger partial charge in [-0.05, 0) is 74.9 Å².